The summed E-state index contributed by atoms with van der Waals surface area (Å²) in [6.45, 7) is 4.39. The van der Waals surface area contributed by atoms with Gasteiger partial charge in [0.15, 0.2) is 5.75 Å². The topological polar surface area (TPSA) is 59.8 Å². The van der Waals surface area contributed by atoms with E-state index in [4.69, 9.17) is 9.47 Å². The van der Waals surface area contributed by atoms with E-state index in [2.05, 4.69) is 28.2 Å². The highest BCUT2D eigenvalue weighted by Crippen LogP contribution is 2.20. The molecule has 0 amide bonds. The van der Waals surface area contributed by atoms with Crippen molar-refractivity contribution in [2.75, 3.05) is 32.8 Å². The quantitative estimate of drug-likeness (QED) is 0.800. The molecule has 6 nitrogen and oxygen atoms in total. The molecule has 6 heteroatoms. The molecule has 1 fully saturated rings. The van der Waals surface area contributed by atoms with Gasteiger partial charge in [-0.1, -0.05) is 36.4 Å². The summed E-state index contributed by atoms with van der Waals surface area (Å²) in [5, 5.41) is 14.7. The van der Waals surface area contributed by atoms with Crippen LogP contribution >= 0.6 is 0 Å². The Bertz CT molecular complexity index is 744. The van der Waals surface area contributed by atoms with E-state index in [0.717, 1.165) is 19.6 Å². The fourth-order valence-electron chi connectivity index (χ4n) is 3.52. The molecule has 0 saturated carbocycles. The average molecular weight is 355 g/mol. The molecule has 0 unspecified atom stereocenters. The standard InChI is InChI=1S/C20H25N3O3/c24-19-13-22(10-17-7-4-8-25-15-17)14-20(19)26-18-9-21-23(12-18)11-16-5-2-1-3-6-16/h1-3,5-7,9,12,19-20,24H,4,8,10-11,13-15H2/t19-,20-/m1/s1. The summed E-state index contributed by atoms with van der Waals surface area (Å²) in [5.74, 6) is 0.701. The van der Waals surface area contributed by atoms with Crippen LogP contribution in [-0.4, -0.2) is 64.8 Å². The fraction of sp³-hybridized carbons (Fsp3) is 0.450. The molecule has 2 aliphatic rings. The van der Waals surface area contributed by atoms with Gasteiger partial charge in [0, 0.05) is 19.6 Å². The molecule has 0 bridgehead atoms. The van der Waals surface area contributed by atoms with Crippen molar-refractivity contribution in [3.05, 3.63) is 59.9 Å². The van der Waals surface area contributed by atoms with E-state index in [9.17, 15) is 5.11 Å². The number of hydrogen-bond donors (Lipinski definition) is 1. The normalized spacial score (nSPS) is 23.8. The Morgan fingerprint density at radius 2 is 2.08 bits per heavy atom. The highest BCUT2D eigenvalue weighted by Gasteiger charge is 2.33. The molecular formula is C20H25N3O3. The summed E-state index contributed by atoms with van der Waals surface area (Å²) in [5.41, 5.74) is 2.48. The summed E-state index contributed by atoms with van der Waals surface area (Å²) < 4.78 is 13.3. The average Bonchev–Trinajstić information content (AvgIpc) is 3.23. The number of benzene rings is 1. The summed E-state index contributed by atoms with van der Waals surface area (Å²) in [7, 11) is 0. The zero-order valence-corrected chi connectivity index (χ0v) is 14.8. The molecule has 138 valence electrons. The zero-order valence-electron chi connectivity index (χ0n) is 14.8. The Morgan fingerprint density at radius 1 is 1.19 bits per heavy atom. The Morgan fingerprint density at radius 3 is 2.88 bits per heavy atom. The third kappa shape index (κ3) is 4.33. The molecular weight excluding hydrogens is 330 g/mol. The van der Waals surface area contributed by atoms with E-state index >= 15 is 0 Å². The number of aliphatic hydroxyl groups excluding tert-OH is 1. The second-order valence-electron chi connectivity index (χ2n) is 6.98. The SMILES string of the molecule is O[C@@H]1CN(CC2=CCCOC2)C[C@H]1Oc1cnn(Cc2ccccc2)c1. The smallest absolute Gasteiger partial charge is 0.157 e. The second kappa shape index (κ2) is 8.03. The van der Waals surface area contributed by atoms with Gasteiger partial charge >= 0.3 is 0 Å². The van der Waals surface area contributed by atoms with Gasteiger partial charge in [0.2, 0.25) is 0 Å². The van der Waals surface area contributed by atoms with Crippen LogP contribution in [0, 0.1) is 0 Å². The molecule has 1 aromatic carbocycles. The number of hydrogen-bond acceptors (Lipinski definition) is 5. The summed E-state index contributed by atoms with van der Waals surface area (Å²) in [6.07, 6.45) is 6.12. The van der Waals surface area contributed by atoms with Crippen LogP contribution in [0.2, 0.25) is 0 Å². The first-order chi connectivity index (χ1) is 12.8. The first-order valence-electron chi connectivity index (χ1n) is 9.15. The number of aliphatic hydroxyl groups is 1. The molecule has 0 spiro atoms. The maximum absolute atomic E-state index is 10.3. The maximum Gasteiger partial charge on any atom is 0.157 e. The molecule has 1 aromatic heterocycles. The highest BCUT2D eigenvalue weighted by molar-refractivity contribution is 5.18. The van der Waals surface area contributed by atoms with Gasteiger partial charge in [0.25, 0.3) is 0 Å². The summed E-state index contributed by atoms with van der Waals surface area (Å²) >= 11 is 0. The molecule has 2 aromatic rings. The lowest BCUT2D eigenvalue weighted by Crippen LogP contribution is -2.30. The Balaban J connectivity index is 1.32. The molecule has 1 N–H and O–H groups in total. The number of ether oxygens (including phenoxy) is 2. The van der Waals surface area contributed by atoms with Gasteiger partial charge in [-0.05, 0) is 17.6 Å². The Hall–Kier alpha value is -2.15. The lowest BCUT2D eigenvalue weighted by Gasteiger charge is -2.20. The maximum atomic E-state index is 10.3. The van der Waals surface area contributed by atoms with Crippen LogP contribution in [0.5, 0.6) is 5.75 Å². The van der Waals surface area contributed by atoms with E-state index in [1.54, 1.807) is 6.20 Å². The van der Waals surface area contributed by atoms with E-state index in [1.807, 2.05) is 29.1 Å². The fourth-order valence-corrected chi connectivity index (χ4v) is 3.52. The molecule has 1 saturated heterocycles. The van der Waals surface area contributed by atoms with Gasteiger partial charge in [-0.2, -0.15) is 5.10 Å². The van der Waals surface area contributed by atoms with Crippen molar-refractivity contribution in [2.45, 2.75) is 25.2 Å². The van der Waals surface area contributed by atoms with Crippen LogP contribution in [-0.2, 0) is 11.3 Å². The van der Waals surface area contributed by atoms with Gasteiger partial charge in [-0.25, -0.2) is 0 Å². The van der Waals surface area contributed by atoms with Crippen LogP contribution in [0.15, 0.2) is 54.4 Å². The van der Waals surface area contributed by atoms with Gasteiger partial charge in [0.1, 0.15) is 12.2 Å². The van der Waals surface area contributed by atoms with Crippen LogP contribution in [0.4, 0.5) is 0 Å². The minimum Gasteiger partial charge on any atom is -0.483 e. The van der Waals surface area contributed by atoms with E-state index in [-0.39, 0.29) is 6.10 Å². The summed E-state index contributed by atoms with van der Waals surface area (Å²) in [4.78, 5) is 2.23. The number of aromatic nitrogens is 2. The molecule has 3 heterocycles. The third-order valence-electron chi connectivity index (χ3n) is 4.81. The molecule has 4 rings (SSSR count). The summed E-state index contributed by atoms with van der Waals surface area (Å²) in [6, 6.07) is 10.2. The molecule has 26 heavy (non-hydrogen) atoms. The number of β-amino-alcohol motifs (C(OH)–C–C–N with tert-alkyl or cyclic N) is 1. The monoisotopic (exact) mass is 355 g/mol. The van der Waals surface area contributed by atoms with Crippen molar-refractivity contribution in [3.8, 4) is 5.75 Å². The highest BCUT2D eigenvalue weighted by atomic mass is 16.5. The van der Waals surface area contributed by atoms with Gasteiger partial charge < -0.3 is 14.6 Å². The van der Waals surface area contributed by atoms with Gasteiger partial charge in [-0.3, -0.25) is 9.58 Å². The zero-order chi connectivity index (χ0) is 17.8. The molecule has 2 atom stereocenters. The van der Waals surface area contributed by atoms with Crippen LogP contribution in [0.25, 0.3) is 0 Å². The lowest BCUT2D eigenvalue weighted by atomic mass is 10.2. The van der Waals surface area contributed by atoms with Crippen LogP contribution in [0.3, 0.4) is 0 Å². The van der Waals surface area contributed by atoms with E-state index in [0.29, 0.717) is 32.0 Å². The van der Waals surface area contributed by atoms with Crippen molar-refractivity contribution in [3.63, 3.8) is 0 Å². The molecule has 0 radical (unpaired) electrons. The second-order valence-corrected chi connectivity index (χ2v) is 6.98. The Kier molecular flexibility index (Phi) is 5.34. The first kappa shape index (κ1) is 17.3. The van der Waals surface area contributed by atoms with Crippen molar-refractivity contribution in [2.24, 2.45) is 0 Å². The lowest BCUT2D eigenvalue weighted by molar-refractivity contribution is 0.0736. The van der Waals surface area contributed by atoms with Crippen LogP contribution in [0.1, 0.15) is 12.0 Å². The van der Waals surface area contributed by atoms with Gasteiger partial charge in [-0.15, -0.1) is 0 Å². The van der Waals surface area contributed by atoms with Crippen molar-refractivity contribution < 1.29 is 14.6 Å². The van der Waals surface area contributed by atoms with Crippen molar-refractivity contribution >= 4 is 0 Å². The van der Waals surface area contributed by atoms with E-state index in [1.165, 1.54) is 11.1 Å². The predicted molar refractivity (Wildman–Crippen MR) is 98.2 cm³/mol. The van der Waals surface area contributed by atoms with Gasteiger partial charge in [0.05, 0.1) is 32.2 Å². The largest absolute Gasteiger partial charge is 0.483 e. The van der Waals surface area contributed by atoms with Crippen molar-refractivity contribution in [1.29, 1.82) is 0 Å². The minimum absolute atomic E-state index is 0.227. The predicted octanol–water partition coefficient (Wildman–Crippen LogP) is 1.70. The third-order valence-corrected chi connectivity index (χ3v) is 4.81. The van der Waals surface area contributed by atoms with E-state index < -0.39 is 6.10 Å². The number of nitrogens with zero attached hydrogens (tertiary/aromatic N) is 3. The Labute approximate surface area is 153 Å². The van der Waals surface area contributed by atoms with Crippen molar-refractivity contribution in [1.82, 2.24) is 14.7 Å². The number of likely N-dealkylation sites (tertiary alicyclic amines) is 1. The first-order valence-corrected chi connectivity index (χ1v) is 9.15. The minimum atomic E-state index is -0.488. The number of rotatable bonds is 6. The molecule has 2 aliphatic heterocycles. The van der Waals surface area contributed by atoms with Crippen LogP contribution < -0.4 is 4.74 Å². The molecule has 0 aliphatic carbocycles.